The first kappa shape index (κ1) is 13.3. The van der Waals surface area contributed by atoms with Crippen LogP contribution in [-0.4, -0.2) is 44.6 Å². The van der Waals surface area contributed by atoms with E-state index in [0.29, 0.717) is 26.4 Å². The Morgan fingerprint density at radius 2 is 2.33 bits per heavy atom. The van der Waals surface area contributed by atoms with Gasteiger partial charge in [-0.05, 0) is 6.92 Å². The zero-order chi connectivity index (χ0) is 12.8. The van der Waals surface area contributed by atoms with Crippen LogP contribution in [0.1, 0.15) is 11.4 Å². The predicted octanol–water partition coefficient (Wildman–Crippen LogP) is 0.904. The fourth-order valence-electron chi connectivity index (χ4n) is 1.93. The van der Waals surface area contributed by atoms with Crippen molar-refractivity contribution in [3.63, 3.8) is 0 Å². The Balaban J connectivity index is 1.80. The Morgan fingerprint density at radius 3 is 3.06 bits per heavy atom. The molecule has 0 bridgehead atoms. The third kappa shape index (κ3) is 3.94. The Kier molecular flexibility index (Phi) is 4.92. The highest BCUT2D eigenvalue weighted by Gasteiger charge is 2.13. The van der Waals surface area contributed by atoms with Gasteiger partial charge in [0, 0.05) is 30.9 Å². The lowest BCUT2D eigenvalue weighted by Gasteiger charge is -2.23. The third-order valence-corrected chi connectivity index (χ3v) is 2.78. The summed E-state index contributed by atoms with van der Waals surface area (Å²) in [6, 6.07) is 3.86. The van der Waals surface area contributed by atoms with Crippen molar-refractivity contribution in [3.05, 3.63) is 23.5 Å². The van der Waals surface area contributed by atoms with Crippen LogP contribution >= 0.6 is 0 Å². The number of ether oxygens (including phenoxy) is 3. The zero-order valence-electron chi connectivity index (χ0n) is 10.9. The number of nitrogens with zero attached hydrogens (tertiary/aromatic N) is 1. The van der Waals surface area contributed by atoms with E-state index in [9.17, 15) is 0 Å². The van der Waals surface area contributed by atoms with Crippen molar-refractivity contribution in [1.82, 2.24) is 10.3 Å². The van der Waals surface area contributed by atoms with Gasteiger partial charge in [-0.2, -0.15) is 0 Å². The van der Waals surface area contributed by atoms with E-state index in [2.05, 4.69) is 10.3 Å². The van der Waals surface area contributed by atoms with Crippen LogP contribution in [-0.2, 0) is 16.0 Å². The van der Waals surface area contributed by atoms with Gasteiger partial charge in [0.25, 0.3) is 0 Å². The van der Waals surface area contributed by atoms with Gasteiger partial charge < -0.3 is 19.5 Å². The monoisotopic (exact) mass is 252 g/mol. The van der Waals surface area contributed by atoms with E-state index in [1.807, 2.05) is 19.1 Å². The molecule has 1 saturated heterocycles. The molecule has 1 N–H and O–H groups in total. The third-order valence-electron chi connectivity index (χ3n) is 2.78. The Morgan fingerprint density at radius 1 is 1.44 bits per heavy atom. The molecule has 5 nitrogen and oxygen atoms in total. The minimum atomic E-state index is 0.144. The van der Waals surface area contributed by atoms with Crippen LogP contribution in [0.4, 0.5) is 0 Å². The van der Waals surface area contributed by atoms with Crippen LogP contribution in [0.5, 0.6) is 5.75 Å². The van der Waals surface area contributed by atoms with Gasteiger partial charge in [0.1, 0.15) is 5.75 Å². The van der Waals surface area contributed by atoms with E-state index in [4.69, 9.17) is 14.2 Å². The second-order valence-corrected chi connectivity index (χ2v) is 4.34. The van der Waals surface area contributed by atoms with Crippen molar-refractivity contribution in [1.29, 1.82) is 0 Å². The van der Waals surface area contributed by atoms with Gasteiger partial charge in [-0.15, -0.1) is 0 Å². The summed E-state index contributed by atoms with van der Waals surface area (Å²) in [4.78, 5) is 4.45. The molecule has 1 aliphatic rings. The summed E-state index contributed by atoms with van der Waals surface area (Å²) in [5.74, 6) is 0.844. The second kappa shape index (κ2) is 6.68. The minimum absolute atomic E-state index is 0.144. The highest BCUT2D eigenvalue weighted by molar-refractivity contribution is 5.26. The lowest BCUT2D eigenvalue weighted by atomic mass is 10.2. The number of methoxy groups -OCH3 is 1. The van der Waals surface area contributed by atoms with Crippen LogP contribution in [0, 0.1) is 6.92 Å². The molecule has 18 heavy (non-hydrogen) atoms. The average Bonchev–Trinajstić information content (AvgIpc) is 2.39. The number of pyridine rings is 1. The maximum absolute atomic E-state index is 5.55. The smallest absolute Gasteiger partial charge is 0.122 e. The van der Waals surface area contributed by atoms with Crippen LogP contribution in [0.25, 0.3) is 0 Å². The summed E-state index contributed by atoms with van der Waals surface area (Å²) in [6.45, 7) is 5.49. The normalized spacial score (nSPS) is 19.8. The molecule has 1 fully saturated rings. The van der Waals surface area contributed by atoms with Gasteiger partial charge >= 0.3 is 0 Å². The van der Waals surface area contributed by atoms with Crippen LogP contribution in [0.15, 0.2) is 12.1 Å². The van der Waals surface area contributed by atoms with Gasteiger partial charge in [-0.3, -0.25) is 4.98 Å². The van der Waals surface area contributed by atoms with E-state index >= 15 is 0 Å². The van der Waals surface area contributed by atoms with Gasteiger partial charge in [0.05, 0.1) is 38.7 Å². The summed E-state index contributed by atoms with van der Waals surface area (Å²) in [7, 11) is 1.67. The summed E-state index contributed by atoms with van der Waals surface area (Å²) >= 11 is 0. The first-order valence-electron chi connectivity index (χ1n) is 6.19. The number of aromatic nitrogens is 1. The number of nitrogens with one attached hydrogen (secondary N) is 1. The molecule has 1 aliphatic heterocycles. The quantitative estimate of drug-likeness (QED) is 0.844. The molecular formula is C13H20N2O3. The highest BCUT2D eigenvalue weighted by atomic mass is 16.6. The van der Waals surface area contributed by atoms with Crippen LogP contribution in [0.2, 0.25) is 0 Å². The van der Waals surface area contributed by atoms with E-state index in [-0.39, 0.29) is 6.10 Å². The maximum Gasteiger partial charge on any atom is 0.122 e. The lowest BCUT2D eigenvalue weighted by molar-refractivity contribution is -0.0864. The van der Waals surface area contributed by atoms with Crippen LogP contribution < -0.4 is 10.1 Å². The largest absolute Gasteiger partial charge is 0.497 e. The fraction of sp³-hybridized carbons (Fsp3) is 0.615. The van der Waals surface area contributed by atoms with Gasteiger partial charge in [0.15, 0.2) is 0 Å². The second-order valence-electron chi connectivity index (χ2n) is 4.34. The minimum Gasteiger partial charge on any atom is -0.497 e. The summed E-state index contributed by atoms with van der Waals surface area (Å²) in [5, 5.41) is 3.33. The van der Waals surface area contributed by atoms with E-state index in [0.717, 1.165) is 23.7 Å². The molecule has 0 saturated carbocycles. The molecule has 0 aliphatic carbocycles. The average molecular weight is 252 g/mol. The summed E-state index contributed by atoms with van der Waals surface area (Å²) in [6.07, 6.45) is 0.144. The summed E-state index contributed by atoms with van der Waals surface area (Å²) in [5.41, 5.74) is 1.94. The van der Waals surface area contributed by atoms with Gasteiger partial charge in [-0.1, -0.05) is 0 Å². The van der Waals surface area contributed by atoms with Crippen LogP contribution in [0.3, 0.4) is 0 Å². The van der Waals surface area contributed by atoms with Crippen molar-refractivity contribution >= 4 is 0 Å². The molecule has 1 unspecified atom stereocenters. The van der Waals surface area contributed by atoms with Gasteiger partial charge in [0.2, 0.25) is 0 Å². The maximum atomic E-state index is 5.55. The van der Waals surface area contributed by atoms with Crippen molar-refractivity contribution in [2.45, 2.75) is 19.6 Å². The fourth-order valence-corrected chi connectivity index (χ4v) is 1.93. The van der Waals surface area contributed by atoms with Crippen molar-refractivity contribution in [3.8, 4) is 5.75 Å². The molecule has 1 aromatic heterocycles. The molecule has 2 heterocycles. The van der Waals surface area contributed by atoms with Crippen molar-refractivity contribution in [2.75, 3.05) is 33.5 Å². The predicted molar refractivity (Wildman–Crippen MR) is 67.8 cm³/mol. The Labute approximate surface area is 107 Å². The standard InChI is InChI=1S/C13H20N2O3/c1-10-5-12(16-2)6-11(15-10)7-14-8-13-9-17-3-4-18-13/h5-6,13-14H,3-4,7-9H2,1-2H3. The number of aryl methyl sites for hydroxylation is 1. The van der Waals surface area contributed by atoms with Gasteiger partial charge in [-0.25, -0.2) is 0 Å². The SMILES string of the molecule is COc1cc(C)nc(CNCC2COCCO2)c1. The molecule has 0 amide bonds. The molecule has 0 spiro atoms. The molecule has 5 heteroatoms. The molecular weight excluding hydrogens is 232 g/mol. The zero-order valence-corrected chi connectivity index (χ0v) is 10.9. The Bertz CT molecular complexity index is 378. The molecule has 1 atom stereocenters. The first-order chi connectivity index (χ1) is 8.78. The lowest BCUT2D eigenvalue weighted by Crippen LogP contribution is -2.37. The molecule has 1 aromatic rings. The molecule has 2 rings (SSSR count). The van der Waals surface area contributed by atoms with E-state index in [1.54, 1.807) is 7.11 Å². The topological polar surface area (TPSA) is 52.6 Å². The van der Waals surface area contributed by atoms with E-state index < -0.39 is 0 Å². The van der Waals surface area contributed by atoms with Crippen molar-refractivity contribution < 1.29 is 14.2 Å². The summed E-state index contributed by atoms with van der Waals surface area (Å²) < 4.78 is 16.1. The number of hydrogen-bond donors (Lipinski definition) is 1. The highest BCUT2D eigenvalue weighted by Crippen LogP contribution is 2.13. The first-order valence-corrected chi connectivity index (χ1v) is 6.19. The number of hydrogen-bond acceptors (Lipinski definition) is 5. The molecule has 0 aromatic carbocycles. The molecule has 100 valence electrons. The Hall–Kier alpha value is -1.17. The van der Waals surface area contributed by atoms with Crippen molar-refractivity contribution in [2.24, 2.45) is 0 Å². The number of rotatable bonds is 5. The van der Waals surface area contributed by atoms with E-state index in [1.165, 1.54) is 0 Å². The molecule has 0 radical (unpaired) electrons.